The molecule has 0 radical (unpaired) electrons. The molecule has 0 spiro atoms. The number of ether oxygens (including phenoxy) is 2. The molecule has 2 aromatic rings. The SMILES string of the molecule is CCN(CC(=O)Nc1c(F)cccc1F)C(=O)Cc1ccc(OC)cc1OC. The summed E-state index contributed by atoms with van der Waals surface area (Å²) >= 11 is 0. The van der Waals surface area contributed by atoms with Crippen LogP contribution in [0.15, 0.2) is 36.4 Å². The Labute approximate surface area is 162 Å². The summed E-state index contributed by atoms with van der Waals surface area (Å²) in [5, 5.41) is 2.18. The first-order valence-electron chi connectivity index (χ1n) is 8.62. The topological polar surface area (TPSA) is 67.9 Å². The van der Waals surface area contributed by atoms with E-state index in [1.54, 1.807) is 25.1 Å². The van der Waals surface area contributed by atoms with Gasteiger partial charge in [0.2, 0.25) is 11.8 Å². The van der Waals surface area contributed by atoms with Crippen LogP contribution in [-0.2, 0) is 16.0 Å². The first kappa shape index (κ1) is 21.1. The Morgan fingerprint density at radius 1 is 1.07 bits per heavy atom. The van der Waals surface area contributed by atoms with Crippen LogP contribution >= 0.6 is 0 Å². The van der Waals surface area contributed by atoms with Crippen LogP contribution in [-0.4, -0.2) is 44.0 Å². The van der Waals surface area contributed by atoms with Gasteiger partial charge in [-0.25, -0.2) is 8.78 Å². The number of para-hydroxylation sites is 1. The van der Waals surface area contributed by atoms with Gasteiger partial charge in [-0.2, -0.15) is 0 Å². The minimum Gasteiger partial charge on any atom is -0.497 e. The van der Waals surface area contributed by atoms with Crippen molar-refractivity contribution in [1.29, 1.82) is 0 Å². The highest BCUT2D eigenvalue weighted by molar-refractivity contribution is 5.95. The van der Waals surface area contributed by atoms with Crippen LogP contribution in [0.4, 0.5) is 14.5 Å². The number of anilines is 1. The number of amides is 2. The molecule has 0 unspecified atom stereocenters. The molecule has 0 fully saturated rings. The van der Waals surface area contributed by atoms with E-state index in [9.17, 15) is 18.4 Å². The van der Waals surface area contributed by atoms with Gasteiger partial charge in [-0.15, -0.1) is 0 Å². The van der Waals surface area contributed by atoms with Crippen molar-refractivity contribution in [1.82, 2.24) is 4.90 Å². The second-order valence-corrected chi connectivity index (χ2v) is 5.91. The third-order valence-electron chi connectivity index (χ3n) is 4.13. The molecule has 1 N–H and O–H groups in total. The Hall–Kier alpha value is -3.16. The van der Waals surface area contributed by atoms with E-state index in [4.69, 9.17) is 9.47 Å². The number of likely N-dealkylation sites (N-methyl/N-ethyl adjacent to an activating group) is 1. The maximum Gasteiger partial charge on any atom is 0.244 e. The Morgan fingerprint density at radius 3 is 2.32 bits per heavy atom. The van der Waals surface area contributed by atoms with Crippen LogP contribution < -0.4 is 14.8 Å². The molecule has 0 aliphatic rings. The zero-order chi connectivity index (χ0) is 20.7. The van der Waals surface area contributed by atoms with Gasteiger partial charge < -0.3 is 19.7 Å². The highest BCUT2D eigenvalue weighted by Gasteiger charge is 2.20. The van der Waals surface area contributed by atoms with Gasteiger partial charge in [-0.1, -0.05) is 12.1 Å². The minimum absolute atomic E-state index is 0.00233. The van der Waals surface area contributed by atoms with Crippen molar-refractivity contribution in [2.75, 3.05) is 32.6 Å². The van der Waals surface area contributed by atoms with E-state index < -0.39 is 23.2 Å². The molecule has 0 bridgehead atoms. The van der Waals surface area contributed by atoms with E-state index in [0.717, 1.165) is 12.1 Å². The minimum atomic E-state index is -0.884. The fourth-order valence-corrected chi connectivity index (χ4v) is 2.62. The van der Waals surface area contributed by atoms with E-state index in [1.807, 2.05) is 0 Å². The van der Waals surface area contributed by atoms with E-state index in [0.29, 0.717) is 17.1 Å². The van der Waals surface area contributed by atoms with Gasteiger partial charge in [0.05, 0.1) is 27.2 Å². The number of benzene rings is 2. The van der Waals surface area contributed by atoms with E-state index >= 15 is 0 Å². The van der Waals surface area contributed by atoms with Crippen molar-refractivity contribution in [3.05, 3.63) is 53.6 Å². The Bertz CT molecular complexity index is 838. The number of hydrogen-bond acceptors (Lipinski definition) is 4. The van der Waals surface area contributed by atoms with Crippen molar-refractivity contribution in [2.45, 2.75) is 13.3 Å². The van der Waals surface area contributed by atoms with Crippen molar-refractivity contribution in [3.8, 4) is 11.5 Å². The second-order valence-electron chi connectivity index (χ2n) is 5.91. The molecule has 0 aliphatic carbocycles. The van der Waals surface area contributed by atoms with Gasteiger partial charge in [-0.05, 0) is 25.1 Å². The molecule has 0 aromatic heterocycles. The number of hydrogen-bond donors (Lipinski definition) is 1. The first-order chi connectivity index (χ1) is 13.4. The number of halogens is 2. The molecule has 0 aliphatic heterocycles. The zero-order valence-electron chi connectivity index (χ0n) is 15.9. The molecule has 0 atom stereocenters. The molecule has 28 heavy (non-hydrogen) atoms. The predicted octanol–water partition coefficient (Wildman–Crippen LogP) is 3.01. The van der Waals surface area contributed by atoms with Crippen molar-refractivity contribution < 1.29 is 27.8 Å². The van der Waals surface area contributed by atoms with Gasteiger partial charge >= 0.3 is 0 Å². The third kappa shape index (κ3) is 5.18. The lowest BCUT2D eigenvalue weighted by Gasteiger charge is -2.21. The normalized spacial score (nSPS) is 10.3. The molecule has 8 heteroatoms. The average molecular weight is 392 g/mol. The lowest BCUT2D eigenvalue weighted by atomic mass is 10.1. The summed E-state index contributed by atoms with van der Waals surface area (Å²) in [5.41, 5.74) is 0.0973. The molecule has 0 heterocycles. The summed E-state index contributed by atoms with van der Waals surface area (Å²) in [6, 6.07) is 8.35. The van der Waals surface area contributed by atoms with Crippen molar-refractivity contribution in [2.24, 2.45) is 0 Å². The van der Waals surface area contributed by atoms with Crippen molar-refractivity contribution in [3.63, 3.8) is 0 Å². The molecule has 2 aromatic carbocycles. The summed E-state index contributed by atoms with van der Waals surface area (Å²) in [4.78, 5) is 26.1. The summed E-state index contributed by atoms with van der Waals surface area (Å²) in [7, 11) is 3.01. The molecule has 6 nitrogen and oxygen atoms in total. The molecule has 0 saturated carbocycles. The lowest BCUT2D eigenvalue weighted by molar-refractivity contribution is -0.133. The Morgan fingerprint density at radius 2 is 1.75 bits per heavy atom. The lowest BCUT2D eigenvalue weighted by Crippen LogP contribution is -2.39. The number of rotatable bonds is 8. The van der Waals surface area contributed by atoms with Gasteiger partial charge in [-0.3, -0.25) is 9.59 Å². The maximum atomic E-state index is 13.7. The fourth-order valence-electron chi connectivity index (χ4n) is 2.62. The molecular weight excluding hydrogens is 370 g/mol. The molecule has 2 rings (SSSR count). The van der Waals surface area contributed by atoms with Gasteiger partial charge in [0.15, 0.2) is 0 Å². The second kappa shape index (κ2) is 9.68. The van der Waals surface area contributed by atoms with Crippen molar-refractivity contribution >= 4 is 17.5 Å². The molecular formula is C20H22F2N2O4. The summed E-state index contributed by atoms with van der Waals surface area (Å²) in [6.07, 6.45) is 0.00233. The number of carbonyl (C=O) groups is 2. The van der Waals surface area contributed by atoms with E-state index in [1.165, 1.54) is 25.2 Å². The molecule has 2 amide bonds. The number of nitrogens with zero attached hydrogens (tertiary/aromatic N) is 1. The maximum absolute atomic E-state index is 13.7. The van der Waals surface area contributed by atoms with Crippen LogP contribution in [0.25, 0.3) is 0 Å². The number of methoxy groups -OCH3 is 2. The quantitative estimate of drug-likeness (QED) is 0.750. The standard InChI is InChI=1S/C20H22F2N2O4/c1-4-24(12-18(25)23-20-15(21)6-5-7-16(20)22)19(26)10-13-8-9-14(27-2)11-17(13)28-3/h5-9,11H,4,10,12H2,1-3H3,(H,23,25). The zero-order valence-corrected chi connectivity index (χ0v) is 15.9. The van der Waals surface area contributed by atoms with E-state index in [-0.39, 0.29) is 25.4 Å². The Kier molecular flexibility index (Phi) is 7.31. The third-order valence-corrected chi connectivity index (χ3v) is 4.13. The average Bonchev–Trinajstić information content (AvgIpc) is 2.69. The fraction of sp³-hybridized carbons (Fsp3) is 0.300. The van der Waals surface area contributed by atoms with Gasteiger partial charge in [0, 0.05) is 18.2 Å². The smallest absolute Gasteiger partial charge is 0.244 e. The highest BCUT2D eigenvalue weighted by atomic mass is 19.1. The monoisotopic (exact) mass is 392 g/mol. The van der Waals surface area contributed by atoms with Crippen LogP contribution in [0.2, 0.25) is 0 Å². The summed E-state index contributed by atoms with van der Waals surface area (Å²) in [6.45, 7) is 1.63. The van der Waals surface area contributed by atoms with Gasteiger partial charge in [0.25, 0.3) is 0 Å². The predicted molar refractivity (Wildman–Crippen MR) is 100 cm³/mol. The van der Waals surface area contributed by atoms with Crippen LogP contribution in [0.3, 0.4) is 0 Å². The first-order valence-corrected chi connectivity index (χ1v) is 8.62. The highest BCUT2D eigenvalue weighted by Crippen LogP contribution is 2.25. The van der Waals surface area contributed by atoms with Crippen LogP contribution in [0.1, 0.15) is 12.5 Å². The molecule has 150 valence electrons. The summed E-state index contributed by atoms with van der Waals surface area (Å²) in [5.74, 6) is -1.71. The number of carbonyl (C=O) groups excluding carboxylic acids is 2. The van der Waals surface area contributed by atoms with Gasteiger partial charge in [0.1, 0.15) is 28.8 Å². The Balaban J connectivity index is 2.06. The van der Waals surface area contributed by atoms with Crippen LogP contribution in [0, 0.1) is 11.6 Å². The molecule has 0 saturated heterocycles. The number of nitrogens with one attached hydrogen (secondary N) is 1. The van der Waals surface area contributed by atoms with Crippen LogP contribution in [0.5, 0.6) is 11.5 Å². The summed E-state index contributed by atoms with van der Waals surface area (Å²) < 4.78 is 37.7. The van der Waals surface area contributed by atoms with E-state index in [2.05, 4.69) is 5.32 Å². The largest absolute Gasteiger partial charge is 0.497 e.